The number of nitrogens with one attached hydrogen (secondary N) is 2. The van der Waals surface area contributed by atoms with E-state index in [1.807, 2.05) is 61.5 Å². The Morgan fingerprint density at radius 2 is 1.58 bits per heavy atom. The summed E-state index contributed by atoms with van der Waals surface area (Å²) in [6.07, 6.45) is 6.41. The van der Waals surface area contributed by atoms with Crippen LogP contribution in [0.2, 0.25) is 0 Å². The van der Waals surface area contributed by atoms with Crippen LogP contribution >= 0.6 is 0 Å². The Kier molecular flexibility index (Phi) is 8.51. The molecule has 1 saturated carbocycles. The lowest BCUT2D eigenvalue weighted by Gasteiger charge is -2.24. The van der Waals surface area contributed by atoms with Crippen molar-refractivity contribution >= 4 is 11.8 Å². The molecular weight excluding hydrogens is 388 g/mol. The lowest BCUT2D eigenvalue weighted by Crippen LogP contribution is -2.46. The number of rotatable bonds is 9. The first-order valence-corrected chi connectivity index (χ1v) is 11.4. The molecule has 0 aliphatic heterocycles. The van der Waals surface area contributed by atoms with Crippen molar-refractivity contribution in [1.82, 2.24) is 10.6 Å². The summed E-state index contributed by atoms with van der Waals surface area (Å²) < 4.78 is 5.54. The summed E-state index contributed by atoms with van der Waals surface area (Å²) in [6, 6.07) is 16.7. The molecule has 0 radical (unpaired) electrons. The van der Waals surface area contributed by atoms with Gasteiger partial charge in [0.25, 0.3) is 0 Å². The van der Waals surface area contributed by atoms with Gasteiger partial charge in [0.15, 0.2) is 0 Å². The number of ether oxygens (including phenoxy) is 1. The third-order valence-corrected chi connectivity index (χ3v) is 5.91. The molecule has 1 aliphatic rings. The lowest BCUT2D eigenvalue weighted by molar-refractivity contribution is -0.129. The van der Waals surface area contributed by atoms with E-state index in [0.29, 0.717) is 18.9 Å². The highest BCUT2D eigenvalue weighted by Gasteiger charge is 2.23. The molecule has 1 aliphatic carbocycles. The zero-order chi connectivity index (χ0) is 22.1. The molecule has 2 aromatic rings. The molecule has 0 bridgehead atoms. The van der Waals surface area contributed by atoms with Crippen LogP contribution in [0.1, 0.15) is 69.5 Å². The van der Waals surface area contributed by atoms with Crippen molar-refractivity contribution in [3.8, 4) is 5.75 Å². The van der Waals surface area contributed by atoms with Crippen LogP contribution in [0.15, 0.2) is 54.6 Å². The fourth-order valence-corrected chi connectivity index (χ4v) is 4.21. The summed E-state index contributed by atoms with van der Waals surface area (Å²) in [5.41, 5.74) is 1.95. The summed E-state index contributed by atoms with van der Waals surface area (Å²) >= 11 is 0. The minimum atomic E-state index is -0.593. The van der Waals surface area contributed by atoms with Crippen LogP contribution in [0.25, 0.3) is 0 Å². The van der Waals surface area contributed by atoms with Crippen molar-refractivity contribution in [1.29, 1.82) is 0 Å². The highest BCUT2D eigenvalue weighted by Crippen LogP contribution is 2.26. The van der Waals surface area contributed by atoms with Gasteiger partial charge in [-0.25, -0.2) is 0 Å². The largest absolute Gasteiger partial charge is 0.494 e. The van der Waals surface area contributed by atoms with Crippen molar-refractivity contribution in [2.45, 2.75) is 64.5 Å². The number of carbonyl (C=O) groups excluding carboxylic acids is 2. The molecule has 2 unspecified atom stereocenters. The van der Waals surface area contributed by atoms with Crippen molar-refractivity contribution in [2.24, 2.45) is 5.92 Å². The van der Waals surface area contributed by atoms with Crippen molar-refractivity contribution in [2.75, 3.05) is 6.61 Å². The third-order valence-electron chi connectivity index (χ3n) is 5.91. The molecule has 1 fully saturated rings. The Morgan fingerprint density at radius 3 is 2.23 bits per heavy atom. The van der Waals surface area contributed by atoms with E-state index in [1.54, 1.807) is 6.92 Å². The van der Waals surface area contributed by atoms with Gasteiger partial charge >= 0.3 is 0 Å². The van der Waals surface area contributed by atoms with E-state index in [2.05, 4.69) is 10.6 Å². The minimum absolute atomic E-state index is 0.0353. The molecule has 5 heteroatoms. The molecule has 0 saturated heterocycles. The number of carbonyl (C=O) groups is 2. The van der Waals surface area contributed by atoms with Gasteiger partial charge in [0.2, 0.25) is 11.8 Å². The minimum Gasteiger partial charge on any atom is -0.494 e. The van der Waals surface area contributed by atoms with Crippen LogP contribution in [0, 0.1) is 5.92 Å². The second-order valence-electron chi connectivity index (χ2n) is 8.35. The van der Waals surface area contributed by atoms with Crippen LogP contribution in [0.5, 0.6) is 5.75 Å². The summed E-state index contributed by atoms with van der Waals surface area (Å²) in [5.74, 6) is 1.02. The first-order chi connectivity index (χ1) is 15.1. The average Bonchev–Trinajstić information content (AvgIpc) is 2.79. The zero-order valence-corrected chi connectivity index (χ0v) is 18.6. The smallest absolute Gasteiger partial charge is 0.243 e. The van der Waals surface area contributed by atoms with E-state index >= 15 is 0 Å². The Bertz CT molecular complexity index is 829. The van der Waals surface area contributed by atoms with E-state index in [1.165, 1.54) is 19.3 Å². The monoisotopic (exact) mass is 422 g/mol. The average molecular weight is 423 g/mol. The Hall–Kier alpha value is -2.82. The number of benzene rings is 2. The van der Waals surface area contributed by atoms with Gasteiger partial charge in [-0.1, -0.05) is 61.7 Å². The van der Waals surface area contributed by atoms with Gasteiger partial charge in [0.05, 0.1) is 12.6 Å². The highest BCUT2D eigenvalue weighted by molar-refractivity contribution is 5.87. The molecule has 0 heterocycles. The van der Waals surface area contributed by atoms with E-state index in [9.17, 15) is 9.59 Å². The molecular formula is C26H34N2O3. The fourth-order valence-electron chi connectivity index (χ4n) is 4.21. The Labute approximate surface area is 185 Å². The molecule has 2 atom stereocenters. The molecule has 2 aromatic carbocycles. The van der Waals surface area contributed by atoms with E-state index in [4.69, 9.17) is 4.74 Å². The predicted molar refractivity (Wildman–Crippen MR) is 123 cm³/mol. The summed E-state index contributed by atoms with van der Waals surface area (Å²) in [5, 5.41) is 6.01. The molecule has 0 aromatic heterocycles. The van der Waals surface area contributed by atoms with Gasteiger partial charge in [0, 0.05) is 6.42 Å². The topological polar surface area (TPSA) is 67.4 Å². The second-order valence-corrected chi connectivity index (χ2v) is 8.35. The molecule has 166 valence electrons. The summed E-state index contributed by atoms with van der Waals surface area (Å²) in [4.78, 5) is 25.4. The third kappa shape index (κ3) is 6.84. The van der Waals surface area contributed by atoms with Gasteiger partial charge in [-0.2, -0.15) is 0 Å². The maximum atomic E-state index is 12.9. The van der Waals surface area contributed by atoms with Crippen LogP contribution < -0.4 is 15.4 Å². The molecule has 0 spiro atoms. The molecule has 2 N–H and O–H groups in total. The number of hydrogen-bond donors (Lipinski definition) is 2. The van der Waals surface area contributed by atoms with E-state index < -0.39 is 6.04 Å². The first kappa shape index (κ1) is 22.9. The van der Waals surface area contributed by atoms with Crippen LogP contribution in [0.4, 0.5) is 0 Å². The SMILES string of the molecule is CCOc1ccc(C(NC(=O)C(C)NC(=O)CC2CCCCC2)c2ccccc2)cc1. The fraction of sp³-hybridized carbons (Fsp3) is 0.462. The van der Waals surface area contributed by atoms with Crippen molar-refractivity contribution in [3.63, 3.8) is 0 Å². The predicted octanol–water partition coefficient (Wildman–Crippen LogP) is 4.77. The molecule has 3 rings (SSSR count). The van der Waals surface area contributed by atoms with Gasteiger partial charge in [-0.15, -0.1) is 0 Å². The van der Waals surface area contributed by atoms with Gasteiger partial charge in [0.1, 0.15) is 11.8 Å². The molecule has 2 amide bonds. The highest BCUT2D eigenvalue weighted by atomic mass is 16.5. The summed E-state index contributed by atoms with van der Waals surface area (Å²) in [6.45, 7) is 4.30. The standard InChI is InChI=1S/C26H34N2O3/c1-3-31-23-16-14-22(15-17-23)25(21-12-8-5-9-13-21)28-26(30)19(2)27-24(29)18-20-10-6-4-7-11-20/h5,8-9,12-17,19-20,25H,3-4,6-7,10-11,18H2,1-2H3,(H,27,29)(H,28,30). The number of amides is 2. The Balaban J connectivity index is 1.65. The van der Waals surface area contributed by atoms with E-state index in [0.717, 1.165) is 29.7 Å². The first-order valence-electron chi connectivity index (χ1n) is 11.4. The van der Waals surface area contributed by atoms with Crippen LogP contribution in [-0.2, 0) is 9.59 Å². The van der Waals surface area contributed by atoms with Gasteiger partial charge < -0.3 is 15.4 Å². The quantitative estimate of drug-likeness (QED) is 0.612. The van der Waals surface area contributed by atoms with Crippen LogP contribution in [-0.4, -0.2) is 24.5 Å². The maximum Gasteiger partial charge on any atom is 0.243 e. The second kappa shape index (κ2) is 11.5. The van der Waals surface area contributed by atoms with Crippen molar-refractivity contribution in [3.05, 3.63) is 65.7 Å². The number of hydrogen-bond acceptors (Lipinski definition) is 3. The van der Waals surface area contributed by atoms with Gasteiger partial charge in [-0.05, 0) is 55.9 Å². The summed E-state index contributed by atoms with van der Waals surface area (Å²) in [7, 11) is 0. The lowest BCUT2D eigenvalue weighted by atomic mass is 9.87. The Morgan fingerprint density at radius 1 is 0.935 bits per heavy atom. The van der Waals surface area contributed by atoms with Gasteiger partial charge in [-0.3, -0.25) is 9.59 Å². The van der Waals surface area contributed by atoms with Crippen LogP contribution in [0.3, 0.4) is 0 Å². The molecule has 5 nitrogen and oxygen atoms in total. The zero-order valence-electron chi connectivity index (χ0n) is 18.6. The normalized spacial score (nSPS) is 16.2. The van der Waals surface area contributed by atoms with E-state index in [-0.39, 0.29) is 17.9 Å². The molecule has 31 heavy (non-hydrogen) atoms. The van der Waals surface area contributed by atoms with Crippen molar-refractivity contribution < 1.29 is 14.3 Å². The maximum absolute atomic E-state index is 12.9.